The molecule has 0 aliphatic rings. The van der Waals surface area contributed by atoms with Crippen LogP contribution in [0.2, 0.25) is 0 Å². The number of aldehydes is 1. The van der Waals surface area contributed by atoms with Crippen molar-refractivity contribution in [3.8, 4) is 0 Å². The van der Waals surface area contributed by atoms with E-state index in [-0.39, 0.29) is 22.7 Å². The van der Waals surface area contributed by atoms with Gasteiger partial charge < -0.3 is 4.79 Å². The van der Waals surface area contributed by atoms with Crippen molar-refractivity contribution in [3.05, 3.63) is 68.1 Å². The highest BCUT2D eigenvalue weighted by Crippen LogP contribution is 2.09. The van der Waals surface area contributed by atoms with Gasteiger partial charge in [-0.25, -0.2) is 0 Å². The van der Waals surface area contributed by atoms with E-state index in [0.29, 0.717) is 25.7 Å². The highest BCUT2D eigenvalue weighted by molar-refractivity contribution is 5.48. The van der Waals surface area contributed by atoms with E-state index in [1.54, 1.807) is 31.2 Å². The van der Waals surface area contributed by atoms with Gasteiger partial charge in [0.2, 0.25) is 11.4 Å². The number of hydrogen-bond acceptors (Lipinski definition) is 5. The quantitative estimate of drug-likeness (QED) is 0.115. The number of carbonyl (C=O) groups is 1. The number of carbonyl (C=O) groups excluding carboxylic acids is 1. The molecule has 0 amide bonds. The highest BCUT2D eigenvalue weighted by Gasteiger charge is 2.06. The van der Waals surface area contributed by atoms with Crippen LogP contribution in [0.25, 0.3) is 0 Å². The summed E-state index contributed by atoms with van der Waals surface area (Å²) in [5.74, 6) is 0. The standard InChI is InChI=1S/C20H30N2O5/c1-2-19(21(24)25)15-11-8-9-13-17-20(22(26)27)16-12-7-5-3-4-6-10-14-18-23/h7-9,12,15,17-18H,2-6,10-11,13-14,16H2,1H3/b9-8+,12-7+,19-15-,20-17-. The van der Waals surface area contributed by atoms with Gasteiger partial charge in [-0.05, 0) is 44.3 Å². The van der Waals surface area contributed by atoms with Crippen molar-refractivity contribution in [1.29, 1.82) is 0 Å². The van der Waals surface area contributed by atoms with Crippen LogP contribution in [0.1, 0.15) is 71.1 Å². The Labute approximate surface area is 160 Å². The molecule has 0 aromatic carbocycles. The second-order valence-corrected chi connectivity index (χ2v) is 6.04. The van der Waals surface area contributed by atoms with Crippen LogP contribution < -0.4 is 0 Å². The molecular formula is C20H30N2O5. The van der Waals surface area contributed by atoms with Crippen LogP contribution in [0.4, 0.5) is 0 Å². The van der Waals surface area contributed by atoms with Crippen molar-refractivity contribution in [2.45, 2.75) is 71.1 Å². The second-order valence-electron chi connectivity index (χ2n) is 6.04. The van der Waals surface area contributed by atoms with Crippen LogP contribution in [0.5, 0.6) is 0 Å². The Morgan fingerprint density at radius 3 is 1.85 bits per heavy atom. The average molecular weight is 378 g/mol. The van der Waals surface area contributed by atoms with Crippen LogP contribution in [-0.2, 0) is 4.79 Å². The lowest BCUT2D eigenvalue weighted by Crippen LogP contribution is -1.97. The summed E-state index contributed by atoms with van der Waals surface area (Å²) < 4.78 is 0. The first-order chi connectivity index (χ1) is 13.0. The second kappa shape index (κ2) is 16.9. The first-order valence-corrected chi connectivity index (χ1v) is 9.43. The number of nitro groups is 2. The van der Waals surface area contributed by atoms with Gasteiger partial charge in [0.05, 0.1) is 16.3 Å². The lowest BCUT2D eigenvalue weighted by Gasteiger charge is -1.96. The first-order valence-electron chi connectivity index (χ1n) is 9.43. The Hall–Kier alpha value is -2.57. The van der Waals surface area contributed by atoms with Gasteiger partial charge in [-0.15, -0.1) is 0 Å². The zero-order chi connectivity index (χ0) is 20.3. The minimum absolute atomic E-state index is 0.150. The molecule has 0 heterocycles. The van der Waals surface area contributed by atoms with Gasteiger partial charge in [0, 0.05) is 12.8 Å². The molecule has 0 spiro atoms. The fourth-order valence-corrected chi connectivity index (χ4v) is 2.35. The molecule has 0 aliphatic carbocycles. The van der Waals surface area contributed by atoms with Gasteiger partial charge in [-0.1, -0.05) is 44.1 Å². The summed E-state index contributed by atoms with van der Waals surface area (Å²) >= 11 is 0. The fourth-order valence-electron chi connectivity index (χ4n) is 2.35. The summed E-state index contributed by atoms with van der Waals surface area (Å²) in [4.78, 5) is 31.1. The van der Waals surface area contributed by atoms with Crippen LogP contribution in [0.15, 0.2) is 47.9 Å². The van der Waals surface area contributed by atoms with E-state index in [4.69, 9.17) is 0 Å². The molecular weight excluding hydrogens is 348 g/mol. The average Bonchev–Trinajstić information content (AvgIpc) is 2.63. The molecule has 0 aromatic heterocycles. The zero-order valence-corrected chi connectivity index (χ0v) is 16.0. The van der Waals surface area contributed by atoms with Gasteiger partial charge in [-0.3, -0.25) is 20.2 Å². The molecule has 0 aromatic rings. The summed E-state index contributed by atoms with van der Waals surface area (Å²) in [6, 6.07) is 0. The Morgan fingerprint density at radius 2 is 1.33 bits per heavy atom. The van der Waals surface area contributed by atoms with Crippen LogP contribution in [-0.4, -0.2) is 16.1 Å². The van der Waals surface area contributed by atoms with Gasteiger partial charge >= 0.3 is 0 Å². The monoisotopic (exact) mass is 378 g/mol. The maximum atomic E-state index is 11.1. The maximum Gasteiger partial charge on any atom is 0.246 e. The summed E-state index contributed by atoms with van der Waals surface area (Å²) in [6.45, 7) is 1.73. The molecule has 0 unspecified atom stereocenters. The van der Waals surface area contributed by atoms with Crippen LogP contribution >= 0.6 is 0 Å². The summed E-state index contributed by atoms with van der Waals surface area (Å²) in [5.41, 5.74) is 0.326. The largest absolute Gasteiger partial charge is 0.303 e. The fraction of sp³-hybridized carbons (Fsp3) is 0.550. The summed E-state index contributed by atoms with van der Waals surface area (Å²) in [7, 11) is 0. The molecule has 7 nitrogen and oxygen atoms in total. The van der Waals surface area contributed by atoms with Gasteiger partial charge in [-0.2, -0.15) is 0 Å². The third-order valence-corrected chi connectivity index (χ3v) is 3.91. The van der Waals surface area contributed by atoms with E-state index in [0.717, 1.165) is 38.4 Å². The summed E-state index contributed by atoms with van der Waals surface area (Å²) in [5, 5.41) is 21.7. The van der Waals surface area contributed by atoms with E-state index < -0.39 is 4.92 Å². The van der Waals surface area contributed by atoms with Crippen molar-refractivity contribution in [3.63, 3.8) is 0 Å². The Morgan fingerprint density at radius 1 is 0.778 bits per heavy atom. The number of rotatable bonds is 16. The molecule has 0 rings (SSSR count). The predicted octanol–water partition coefficient (Wildman–Crippen LogP) is 5.54. The minimum atomic E-state index is -0.393. The van der Waals surface area contributed by atoms with E-state index in [9.17, 15) is 25.0 Å². The first kappa shape index (κ1) is 24.4. The molecule has 27 heavy (non-hydrogen) atoms. The molecule has 0 radical (unpaired) electrons. The van der Waals surface area contributed by atoms with Gasteiger partial charge in [0.15, 0.2) is 0 Å². The van der Waals surface area contributed by atoms with Gasteiger partial charge in [0.1, 0.15) is 6.29 Å². The Kier molecular flexibility index (Phi) is 15.3. The Bertz CT molecular complexity index is 577. The van der Waals surface area contributed by atoms with Crippen molar-refractivity contribution >= 4 is 6.29 Å². The van der Waals surface area contributed by atoms with Crippen molar-refractivity contribution in [2.24, 2.45) is 0 Å². The zero-order valence-electron chi connectivity index (χ0n) is 16.0. The smallest absolute Gasteiger partial charge is 0.246 e. The van der Waals surface area contributed by atoms with E-state index in [1.165, 1.54) is 0 Å². The third-order valence-electron chi connectivity index (χ3n) is 3.91. The maximum absolute atomic E-state index is 11.1. The normalized spacial score (nSPS) is 12.8. The van der Waals surface area contributed by atoms with E-state index in [2.05, 4.69) is 0 Å². The molecule has 0 saturated heterocycles. The molecule has 0 fully saturated rings. The molecule has 0 aliphatic heterocycles. The third kappa shape index (κ3) is 14.3. The van der Waals surface area contributed by atoms with Crippen LogP contribution in [0.3, 0.4) is 0 Å². The van der Waals surface area contributed by atoms with Crippen LogP contribution in [0, 0.1) is 20.2 Å². The van der Waals surface area contributed by atoms with Crippen molar-refractivity contribution < 1.29 is 14.6 Å². The molecule has 0 atom stereocenters. The van der Waals surface area contributed by atoms with Crippen molar-refractivity contribution in [2.75, 3.05) is 0 Å². The Balaban J connectivity index is 4.19. The number of hydrogen-bond donors (Lipinski definition) is 0. The lowest BCUT2D eigenvalue weighted by atomic mass is 10.1. The van der Waals surface area contributed by atoms with Gasteiger partial charge in [0.25, 0.3) is 0 Å². The lowest BCUT2D eigenvalue weighted by molar-refractivity contribution is -0.427. The molecule has 150 valence electrons. The molecule has 0 bridgehead atoms. The molecule has 0 N–H and O–H groups in total. The topological polar surface area (TPSA) is 103 Å². The van der Waals surface area contributed by atoms with Crippen molar-refractivity contribution in [1.82, 2.24) is 0 Å². The SMILES string of the molecule is CC/C(=C/C/C=C/C/C=C(/C/C=C/CCCCCCC=O)[N+](=O)[O-])[N+](=O)[O-]. The number of nitrogens with zero attached hydrogens (tertiary/aromatic N) is 2. The molecule has 7 heteroatoms. The number of allylic oxidation sites excluding steroid dienone is 7. The molecule has 0 saturated carbocycles. The summed E-state index contributed by atoms with van der Waals surface area (Å²) in [6.07, 6.45) is 18.5. The van der Waals surface area contributed by atoms with E-state index in [1.807, 2.05) is 12.2 Å². The minimum Gasteiger partial charge on any atom is -0.303 e. The highest BCUT2D eigenvalue weighted by atomic mass is 16.6. The predicted molar refractivity (Wildman–Crippen MR) is 106 cm³/mol. The van der Waals surface area contributed by atoms with E-state index >= 15 is 0 Å². The number of unbranched alkanes of at least 4 members (excludes halogenated alkanes) is 5.